The second-order valence-corrected chi connectivity index (χ2v) is 11.4. The highest BCUT2D eigenvalue weighted by molar-refractivity contribution is 5.69. The van der Waals surface area contributed by atoms with Gasteiger partial charge in [-0.3, -0.25) is 9.59 Å². The Morgan fingerprint density at radius 1 is 0.486 bits per heavy atom. The van der Waals surface area contributed by atoms with E-state index in [1.54, 1.807) is 0 Å². The topological polar surface area (TPSA) is 63.6 Å². The second kappa shape index (κ2) is 29.5. The van der Waals surface area contributed by atoms with Crippen molar-refractivity contribution < 1.29 is 19.4 Å². The van der Waals surface area contributed by atoms with Crippen LogP contribution < -0.4 is 0 Å². The van der Waals surface area contributed by atoms with Crippen LogP contribution in [0.25, 0.3) is 0 Å². The van der Waals surface area contributed by atoms with Gasteiger partial charge in [0.15, 0.2) is 0 Å². The number of hydrogen-bond donors (Lipinski definition) is 1. The first-order chi connectivity index (χ1) is 18.1. The Morgan fingerprint density at radius 2 is 0.811 bits per heavy atom. The smallest absolute Gasteiger partial charge is 0.306 e. The van der Waals surface area contributed by atoms with Crippen molar-refractivity contribution in [2.75, 3.05) is 0 Å². The molecule has 1 atom stereocenters. The normalized spacial score (nSPS) is 12.1. The van der Waals surface area contributed by atoms with Gasteiger partial charge in [0.05, 0.1) is 0 Å². The fourth-order valence-corrected chi connectivity index (χ4v) is 5.13. The molecule has 0 fully saturated rings. The Morgan fingerprint density at radius 3 is 1.19 bits per heavy atom. The molecule has 0 rings (SSSR count). The molecule has 0 bridgehead atoms. The summed E-state index contributed by atoms with van der Waals surface area (Å²) in [7, 11) is 0. The molecule has 0 saturated heterocycles. The third kappa shape index (κ3) is 29.4. The van der Waals surface area contributed by atoms with Crippen molar-refractivity contribution >= 4 is 11.9 Å². The summed E-state index contributed by atoms with van der Waals surface area (Å²) in [5.41, 5.74) is 0. The number of rotatable bonds is 30. The van der Waals surface area contributed by atoms with Crippen molar-refractivity contribution in [2.45, 2.75) is 200 Å². The van der Waals surface area contributed by atoms with Crippen LogP contribution in [0.4, 0.5) is 0 Å². The van der Waals surface area contributed by atoms with E-state index in [0.29, 0.717) is 6.42 Å². The molecule has 4 heteroatoms. The van der Waals surface area contributed by atoms with Gasteiger partial charge >= 0.3 is 11.9 Å². The lowest BCUT2D eigenvalue weighted by Gasteiger charge is -2.18. The van der Waals surface area contributed by atoms with Crippen LogP contribution in [0.15, 0.2) is 0 Å². The predicted molar refractivity (Wildman–Crippen MR) is 158 cm³/mol. The van der Waals surface area contributed by atoms with Gasteiger partial charge in [0.2, 0.25) is 0 Å². The van der Waals surface area contributed by atoms with E-state index in [1.807, 2.05) is 0 Å². The molecule has 0 aliphatic heterocycles. The molecular formula is C33H64O4. The lowest BCUT2D eigenvalue weighted by Crippen LogP contribution is -2.18. The molecule has 0 heterocycles. The summed E-state index contributed by atoms with van der Waals surface area (Å²) in [6, 6.07) is 0. The number of aliphatic carboxylic acids is 1. The number of carboxylic acid groups (broad SMARTS) is 1. The summed E-state index contributed by atoms with van der Waals surface area (Å²) in [6.45, 7) is 4.51. The number of unbranched alkanes of at least 4 members (excludes halogenated alkanes) is 21. The van der Waals surface area contributed by atoms with Gasteiger partial charge in [-0.25, -0.2) is 0 Å². The Hall–Kier alpha value is -1.06. The van der Waals surface area contributed by atoms with Gasteiger partial charge in [0.25, 0.3) is 0 Å². The van der Waals surface area contributed by atoms with Crippen LogP contribution in [0, 0.1) is 0 Å². The molecule has 0 aliphatic carbocycles. The Bertz CT molecular complexity index is 491. The van der Waals surface area contributed by atoms with E-state index in [-0.39, 0.29) is 18.5 Å². The van der Waals surface area contributed by atoms with Gasteiger partial charge in [-0.2, -0.15) is 0 Å². The molecule has 1 unspecified atom stereocenters. The van der Waals surface area contributed by atoms with Crippen LogP contribution in [-0.4, -0.2) is 23.1 Å². The number of ether oxygens (including phenoxy) is 1. The van der Waals surface area contributed by atoms with E-state index in [1.165, 1.54) is 109 Å². The lowest BCUT2D eigenvalue weighted by molar-refractivity contribution is -0.150. The van der Waals surface area contributed by atoms with Crippen LogP contribution in [0.1, 0.15) is 194 Å². The minimum atomic E-state index is -0.710. The zero-order chi connectivity index (χ0) is 27.2. The first-order valence-electron chi connectivity index (χ1n) is 16.5. The summed E-state index contributed by atoms with van der Waals surface area (Å²) in [5, 5.41) is 8.76. The highest BCUT2D eigenvalue weighted by atomic mass is 16.5. The minimum Gasteiger partial charge on any atom is -0.481 e. The van der Waals surface area contributed by atoms with E-state index in [0.717, 1.165) is 57.8 Å². The summed E-state index contributed by atoms with van der Waals surface area (Å²) in [6.07, 6.45) is 32.6. The monoisotopic (exact) mass is 524 g/mol. The molecule has 0 aliphatic rings. The molecule has 37 heavy (non-hydrogen) atoms. The zero-order valence-corrected chi connectivity index (χ0v) is 25.0. The van der Waals surface area contributed by atoms with Gasteiger partial charge in [-0.1, -0.05) is 142 Å². The predicted octanol–water partition coefficient (Wildman–Crippen LogP) is 10.9. The molecule has 0 radical (unpaired) electrons. The number of carboxylic acids is 1. The average molecular weight is 525 g/mol. The van der Waals surface area contributed by atoms with Gasteiger partial charge in [0, 0.05) is 12.8 Å². The minimum absolute atomic E-state index is 0.0147. The fraction of sp³-hybridized carbons (Fsp3) is 0.939. The summed E-state index contributed by atoms with van der Waals surface area (Å²) >= 11 is 0. The van der Waals surface area contributed by atoms with Crippen molar-refractivity contribution in [1.29, 1.82) is 0 Å². The summed E-state index contributed by atoms with van der Waals surface area (Å²) in [5.74, 6) is -0.725. The first kappa shape index (κ1) is 35.9. The molecule has 0 aromatic rings. The van der Waals surface area contributed by atoms with Gasteiger partial charge < -0.3 is 9.84 Å². The SMILES string of the molecule is CCCCCCCCCCCCCCCCCC(=O)OC(CCCCCCC)CCCCCCC(=O)O. The second-order valence-electron chi connectivity index (χ2n) is 11.4. The standard InChI is InChI=1S/C33H64O4/c1-3-5-7-9-10-11-12-13-14-15-16-17-18-20-26-30-33(36)37-31(27-23-19-8-6-4-2)28-24-21-22-25-29-32(34)35/h31H,3-30H2,1-2H3,(H,34,35). The molecule has 0 amide bonds. The van der Waals surface area contributed by atoms with E-state index < -0.39 is 5.97 Å². The fourth-order valence-electron chi connectivity index (χ4n) is 5.13. The van der Waals surface area contributed by atoms with E-state index >= 15 is 0 Å². The quantitative estimate of drug-likeness (QED) is 0.0749. The summed E-state index contributed by atoms with van der Waals surface area (Å²) in [4.78, 5) is 23.1. The Balaban J connectivity index is 3.79. The van der Waals surface area contributed by atoms with E-state index in [9.17, 15) is 9.59 Å². The number of esters is 1. The van der Waals surface area contributed by atoms with Crippen molar-refractivity contribution in [3.05, 3.63) is 0 Å². The van der Waals surface area contributed by atoms with Crippen LogP contribution in [0.3, 0.4) is 0 Å². The maximum absolute atomic E-state index is 12.4. The molecule has 0 aromatic heterocycles. The summed E-state index contributed by atoms with van der Waals surface area (Å²) < 4.78 is 5.89. The average Bonchev–Trinajstić information content (AvgIpc) is 2.87. The van der Waals surface area contributed by atoms with E-state index in [4.69, 9.17) is 9.84 Å². The van der Waals surface area contributed by atoms with Gasteiger partial charge in [0.1, 0.15) is 6.10 Å². The third-order valence-electron chi connectivity index (χ3n) is 7.58. The van der Waals surface area contributed by atoms with Crippen molar-refractivity contribution in [3.63, 3.8) is 0 Å². The van der Waals surface area contributed by atoms with Crippen LogP contribution >= 0.6 is 0 Å². The Kier molecular flexibility index (Phi) is 28.7. The number of carbonyl (C=O) groups is 2. The molecule has 0 aromatic carbocycles. The molecule has 220 valence electrons. The first-order valence-corrected chi connectivity index (χ1v) is 16.5. The molecule has 0 spiro atoms. The molecule has 4 nitrogen and oxygen atoms in total. The van der Waals surface area contributed by atoms with Crippen molar-refractivity contribution in [3.8, 4) is 0 Å². The molecular weight excluding hydrogens is 460 g/mol. The highest BCUT2D eigenvalue weighted by Gasteiger charge is 2.14. The van der Waals surface area contributed by atoms with Crippen molar-refractivity contribution in [1.82, 2.24) is 0 Å². The maximum Gasteiger partial charge on any atom is 0.306 e. The third-order valence-corrected chi connectivity index (χ3v) is 7.58. The van der Waals surface area contributed by atoms with Crippen LogP contribution in [0.5, 0.6) is 0 Å². The molecule has 1 N–H and O–H groups in total. The van der Waals surface area contributed by atoms with Gasteiger partial charge in [-0.15, -0.1) is 0 Å². The maximum atomic E-state index is 12.4. The van der Waals surface area contributed by atoms with Crippen LogP contribution in [-0.2, 0) is 14.3 Å². The lowest BCUT2D eigenvalue weighted by atomic mass is 10.0. The Labute approximate surface area is 231 Å². The zero-order valence-electron chi connectivity index (χ0n) is 25.0. The van der Waals surface area contributed by atoms with E-state index in [2.05, 4.69) is 13.8 Å². The highest BCUT2D eigenvalue weighted by Crippen LogP contribution is 2.18. The number of hydrogen-bond acceptors (Lipinski definition) is 3. The number of carbonyl (C=O) groups excluding carboxylic acids is 1. The molecule has 0 saturated carbocycles. The van der Waals surface area contributed by atoms with Crippen LogP contribution in [0.2, 0.25) is 0 Å². The van der Waals surface area contributed by atoms with Crippen molar-refractivity contribution in [2.24, 2.45) is 0 Å². The van der Waals surface area contributed by atoms with Gasteiger partial charge in [-0.05, 0) is 38.5 Å². The largest absolute Gasteiger partial charge is 0.481 e.